The van der Waals surface area contributed by atoms with Crippen LogP contribution in [-0.4, -0.2) is 15.1 Å². The lowest BCUT2D eigenvalue weighted by molar-refractivity contribution is 0.312. The fraction of sp³-hybridized carbons (Fsp3) is 0.417. The highest BCUT2D eigenvalue weighted by Gasteiger charge is 2.20. The molecule has 5 nitrogen and oxygen atoms in total. The van der Waals surface area contributed by atoms with Gasteiger partial charge in [0.25, 0.3) is 0 Å². The Hall–Kier alpha value is -1.82. The van der Waals surface area contributed by atoms with E-state index < -0.39 is 5.82 Å². The van der Waals surface area contributed by atoms with Gasteiger partial charge in [-0.15, -0.1) is 0 Å². The van der Waals surface area contributed by atoms with Crippen molar-refractivity contribution in [2.24, 2.45) is 11.7 Å². The average Bonchev–Trinajstić information content (AvgIpc) is 2.87. The van der Waals surface area contributed by atoms with Crippen LogP contribution in [0.15, 0.2) is 22.9 Å². The molecule has 2 rings (SSSR count). The van der Waals surface area contributed by atoms with E-state index in [9.17, 15) is 4.39 Å². The van der Waals surface area contributed by atoms with Crippen LogP contribution in [0.4, 0.5) is 4.39 Å². The molecule has 0 saturated heterocycles. The summed E-state index contributed by atoms with van der Waals surface area (Å²) in [6, 6.07) is 2.50. The summed E-state index contributed by atoms with van der Waals surface area (Å²) in [6.45, 7) is 4.06. The third-order valence-corrected chi connectivity index (χ3v) is 2.94. The van der Waals surface area contributed by atoms with Gasteiger partial charge >= 0.3 is 0 Å². The normalized spacial score (nSPS) is 14.4. The van der Waals surface area contributed by atoms with Crippen molar-refractivity contribution in [3.8, 4) is 11.5 Å². The Morgan fingerprint density at radius 2 is 2.22 bits per heavy atom. The van der Waals surface area contributed by atoms with Crippen molar-refractivity contribution >= 4 is 0 Å². The van der Waals surface area contributed by atoms with Crippen molar-refractivity contribution < 1.29 is 8.91 Å². The molecule has 2 N–H and O–H groups in total. The van der Waals surface area contributed by atoms with E-state index >= 15 is 0 Å². The van der Waals surface area contributed by atoms with Gasteiger partial charge in [0.1, 0.15) is 11.5 Å². The first-order valence-corrected chi connectivity index (χ1v) is 5.83. The number of halogens is 1. The van der Waals surface area contributed by atoms with Gasteiger partial charge in [0.2, 0.25) is 11.7 Å². The number of hydrogen-bond donors (Lipinski definition) is 1. The number of rotatable bonds is 4. The Kier molecular flexibility index (Phi) is 3.66. The van der Waals surface area contributed by atoms with Gasteiger partial charge in [-0.1, -0.05) is 25.4 Å². The van der Waals surface area contributed by atoms with Crippen molar-refractivity contribution in [1.82, 2.24) is 15.1 Å². The highest BCUT2D eigenvalue weighted by atomic mass is 19.1. The SMILES string of the molecule is CCC(C)[C@H](N)c1nc(-c2ccc(F)cn2)no1. The van der Waals surface area contributed by atoms with Crippen molar-refractivity contribution in [3.05, 3.63) is 30.0 Å². The molecule has 1 unspecified atom stereocenters. The number of pyridine rings is 1. The Balaban J connectivity index is 2.22. The molecule has 2 atom stereocenters. The van der Waals surface area contributed by atoms with Crippen LogP contribution in [0, 0.1) is 11.7 Å². The predicted octanol–water partition coefficient (Wildman–Crippen LogP) is 2.32. The molecule has 2 aromatic rings. The second-order valence-corrected chi connectivity index (χ2v) is 4.23. The molecule has 2 aromatic heterocycles. The molecule has 0 bridgehead atoms. The van der Waals surface area contributed by atoms with E-state index in [-0.39, 0.29) is 12.0 Å². The van der Waals surface area contributed by atoms with Crippen LogP contribution in [0.1, 0.15) is 32.2 Å². The zero-order valence-corrected chi connectivity index (χ0v) is 10.3. The summed E-state index contributed by atoms with van der Waals surface area (Å²) in [5.74, 6) is 0.549. The molecule has 0 aliphatic rings. The first-order chi connectivity index (χ1) is 8.61. The zero-order valence-electron chi connectivity index (χ0n) is 10.3. The van der Waals surface area contributed by atoms with Crippen LogP contribution in [0.3, 0.4) is 0 Å². The summed E-state index contributed by atoms with van der Waals surface area (Å²) < 4.78 is 17.9. The minimum Gasteiger partial charge on any atom is -0.337 e. The van der Waals surface area contributed by atoms with E-state index in [1.165, 1.54) is 12.1 Å². The molecule has 0 spiro atoms. The standard InChI is InChI=1S/C12H15FN4O/c1-3-7(2)10(14)12-16-11(17-18-12)9-5-4-8(13)6-15-9/h4-7,10H,3,14H2,1-2H3/t7?,10-/m0/s1. The number of hydrogen-bond acceptors (Lipinski definition) is 5. The smallest absolute Gasteiger partial charge is 0.244 e. The molecule has 96 valence electrons. The predicted molar refractivity (Wildman–Crippen MR) is 63.9 cm³/mol. The molecular formula is C12H15FN4O. The van der Waals surface area contributed by atoms with E-state index in [2.05, 4.69) is 15.1 Å². The molecule has 18 heavy (non-hydrogen) atoms. The lowest BCUT2D eigenvalue weighted by atomic mass is 10.0. The van der Waals surface area contributed by atoms with Crippen molar-refractivity contribution in [2.75, 3.05) is 0 Å². The Labute approximate surface area is 104 Å². The average molecular weight is 250 g/mol. The van der Waals surface area contributed by atoms with E-state index in [4.69, 9.17) is 10.3 Å². The summed E-state index contributed by atoms with van der Waals surface area (Å²) in [5.41, 5.74) is 6.45. The molecule has 0 saturated carbocycles. The van der Waals surface area contributed by atoms with Gasteiger partial charge < -0.3 is 10.3 Å². The maximum Gasteiger partial charge on any atom is 0.244 e. The number of aromatic nitrogens is 3. The molecule has 0 fully saturated rings. The lowest BCUT2D eigenvalue weighted by Gasteiger charge is -2.12. The summed E-state index contributed by atoms with van der Waals surface area (Å²) in [5, 5.41) is 3.80. The lowest BCUT2D eigenvalue weighted by Crippen LogP contribution is -2.18. The van der Waals surface area contributed by atoms with Gasteiger partial charge in [-0.3, -0.25) is 0 Å². The highest BCUT2D eigenvalue weighted by molar-refractivity contribution is 5.47. The summed E-state index contributed by atoms with van der Waals surface area (Å²) >= 11 is 0. The second kappa shape index (κ2) is 5.22. The van der Waals surface area contributed by atoms with Crippen LogP contribution < -0.4 is 5.73 Å². The van der Waals surface area contributed by atoms with Crippen LogP contribution in [-0.2, 0) is 0 Å². The van der Waals surface area contributed by atoms with Gasteiger partial charge in [0, 0.05) is 0 Å². The fourth-order valence-corrected chi connectivity index (χ4v) is 1.48. The van der Waals surface area contributed by atoms with E-state index in [1.807, 2.05) is 13.8 Å². The van der Waals surface area contributed by atoms with Crippen LogP contribution >= 0.6 is 0 Å². The van der Waals surface area contributed by atoms with Crippen LogP contribution in [0.5, 0.6) is 0 Å². The van der Waals surface area contributed by atoms with Gasteiger partial charge in [0.15, 0.2) is 0 Å². The molecule has 0 aromatic carbocycles. The molecular weight excluding hydrogens is 235 g/mol. The first-order valence-electron chi connectivity index (χ1n) is 5.83. The van der Waals surface area contributed by atoms with Gasteiger partial charge in [-0.25, -0.2) is 9.37 Å². The second-order valence-electron chi connectivity index (χ2n) is 4.23. The van der Waals surface area contributed by atoms with E-state index in [1.54, 1.807) is 0 Å². The molecule has 2 heterocycles. The topological polar surface area (TPSA) is 77.8 Å². The maximum atomic E-state index is 12.7. The fourth-order valence-electron chi connectivity index (χ4n) is 1.48. The minimum atomic E-state index is -0.404. The maximum absolute atomic E-state index is 12.7. The Morgan fingerprint density at radius 1 is 1.44 bits per heavy atom. The first kappa shape index (κ1) is 12.6. The zero-order chi connectivity index (χ0) is 13.1. The monoisotopic (exact) mass is 250 g/mol. The van der Waals surface area contributed by atoms with Gasteiger partial charge in [-0.2, -0.15) is 4.98 Å². The molecule has 0 radical (unpaired) electrons. The number of nitrogens with zero attached hydrogens (tertiary/aromatic N) is 3. The molecule has 6 heteroatoms. The highest BCUT2D eigenvalue weighted by Crippen LogP contribution is 2.22. The van der Waals surface area contributed by atoms with Crippen molar-refractivity contribution in [2.45, 2.75) is 26.3 Å². The Morgan fingerprint density at radius 3 is 2.83 bits per heavy atom. The van der Waals surface area contributed by atoms with Crippen molar-refractivity contribution in [1.29, 1.82) is 0 Å². The molecule has 0 aliphatic heterocycles. The van der Waals surface area contributed by atoms with Crippen molar-refractivity contribution in [3.63, 3.8) is 0 Å². The van der Waals surface area contributed by atoms with Gasteiger partial charge in [-0.05, 0) is 18.1 Å². The molecule has 0 amide bonds. The van der Waals surface area contributed by atoms with Crippen LogP contribution in [0.2, 0.25) is 0 Å². The summed E-state index contributed by atoms with van der Waals surface area (Å²) in [7, 11) is 0. The number of nitrogens with two attached hydrogens (primary N) is 1. The molecule has 0 aliphatic carbocycles. The van der Waals surface area contributed by atoms with E-state index in [0.29, 0.717) is 17.4 Å². The third-order valence-electron chi connectivity index (χ3n) is 2.94. The largest absolute Gasteiger partial charge is 0.337 e. The summed E-state index contributed by atoms with van der Waals surface area (Å²) in [4.78, 5) is 8.08. The van der Waals surface area contributed by atoms with E-state index in [0.717, 1.165) is 12.6 Å². The minimum absolute atomic E-state index is 0.250. The Bertz CT molecular complexity index is 511. The van der Waals surface area contributed by atoms with Gasteiger partial charge in [0.05, 0.1) is 12.2 Å². The van der Waals surface area contributed by atoms with Crippen LogP contribution in [0.25, 0.3) is 11.5 Å². The quantitative estimate of drug-likeness (QED) is 0.900. The third kappa shape index (κ3) is 2.53. The summed E-state index contributed by atoms with van der Waals surface area (Å²) in [6.07, 6.45) is 2.04.